The molecule has 0 bridgehead atoms. The summed E-state index contributed by atoms with van der Waals surface area (Å²) in [6.45, 7) is 0. The van der Waals surface area contributed by atoms with Crippen LogP contribution in [-0.2, 0) is 5.41 Å². The Kier molecular flexibility index (Phi) is 7.75. The lowest BCUT2D eigenvalue weighted by Crippen LogP contribution is -2.28. The summed E-state index contributed by atoms with van der Waals surface area (Å²) in [7, 11) is 0. The highest BCUT2D eigenvalue weighted by molar-refractivity contribution is 6.09. The van der Waals surface area contributed by atoms with Gasteiger partial charge in [-0.15, -0.1) is 0 Å². The largest absolute Gasteiger partial charge is 0.310 e. The lowest BCUT2D eigenvalue weighted by Gasteiger charge is -2.35. The predicted molar refractivity (Wildman–Crippen MR) is 238 cm³/mol. The van der Waals surface area contributed by atoms with Crippen LogP contribution in [-0.4, -0.2) is 4.57 Å². The molecule has 2 heteroatoms. The Balaban J connectivity index is 1.15. The zero-order chi connectivity index (χ0) is 37.8. The van der Waals surface area contributed by atoms with E-state index in [1.54, 1.807) is 0 Å². The summed E-state index contributed by atoms with van der Waals surface area (Å²) in [5.41, 5.74) is 16.4. The molecule has 0 fully saturated rings. The number of nitrogens with zero attached hydrogens (tertiary/aromatic N) is 2. The molecule has 0 unspecified atom stereocenters. The van der Waals surface area contributed by atoms with Crippen molar-refractivity contribution in [3.05, 3.63) is 253 Å². The van der Waals surface area contributed by atoms with Crippen molar-refractivity contribution in [3.8, 4) is 27.9 Å². The molecular weight excluding hydrogens is 689 g/mol. The van der Waals surface area contributed by atoms with Crippen molar-refractivity contribution in [2.45, 2.75) is 5.41 Å². The highest BCUT2D eigenvalue weighted by Gasteiger charge is 2.47. The molecule has 0 atom stereocenters. The van der Waals surface area contributed by atoms with Gasteiger partial charge in [0, 0.05) is 33.5 Å². The van der Waals surface area contributed by atoms with Crippen LogP contribution in [0.5, 0.6) is 0 Å². The highest BCUT2D eigenvalue weighted by atomic mass is 15.1. The average Bonchev–Trinajstić information content (AvgIpc) is 3.79. The van der Waals surface area contributed by atoms with Gasteiger partial charge in [-0.25, -0.2) is 0 Å². The van der Waals surface area contributed by atoms with Crippen molar-refractivity contribution in [3.63, 3.8) is 0 Å². The molecule has 0 saturated carbocycles. The zero-order valence-corrected chi connectivity index (χ0v) is 31.3. The zero-order valence-electron chi connectivity index (χ0n) is 31.3. The summed E-state index contributed by atoms with van der Waals surface area (Å²) in [6.07, 6.45) is 0. The number of fused-ring (bicyclic) bond motifs is 6. The van der Waals surface area contributed by atoms with Crippen LogP contribution in [0.25, 0.3) is 49.7 Å². The molecule has 9 aromatic carbocycles. The summed E-state index contributed by atoms with van der Waals surface area (Å²) in [6, 6.07) is 84.2. The molecule has 10 aromatic rings. The number of anilines is 3. The van der Waals surface area contributed by atoms with Crippen molar-refractivity contribution in [1.82, 2.24) is 4.57 Å². The van der Waals surface area contributed by atoms with Crippen LogP contribution in [0, 0.1) is 0 Å². The molecular formula is C55H38N2. The van der Waals surface area contributed by atoms with Gasteiger partial charge in [0.15, 0.2) is 0 Å². The first kappa shape index (κ1) is 33.0. The molecule has 57 heavy (non-hydrogen) atoms. The molecule has 0 aliphatic heterocycles. The number of hydrogen-bond donors (Lipinski definition) is 0. The first-order valence-electron chi connectivity index (χ1n) is 19.7. The normalized spacial score (nSPS) is 12.7. The van der Waals surface area contributed by atoms with Crippen LogP contribution in [0.15, 0.2) is 231 Å². The van der Waals surface area contributed by atoms with E-state index in [-0.39, 0.29) is 0 Å². The van der Waals surface area contributed by atoms with E-state index in [9.17, 15) is 0 Å². The topological polar surface area (TPSA) is 8.17 Å². The van der Waals surface area contributed by atoms with Crippen LogP contribution in [0.3, 0.4) is 0 Å². The number of hydrogen-bond acceptors (Lipinski definition) is 1. The fourth-order valence-electron chi connectivity index (χ4n) is 9.50. The van der Waals surface area contributed by atoms with Crippen LogP contribution >= 0.6 is 0 Å². The predicted octanol–water partition coefficient (Wildman–Crippen LogP) is 14.3. The molecule has 1 aliphatic carbocycles. The quantitative estimate of drug-likeness (QED) is 0.159. The number of para-hydroxylation sites is 4. The number of benzene rings is 9. The minimum absolute atomic E-state index is 0.554. The van der Waals surface area contributed by atoms with Gasteiger partial charge in [0.1, 0.15) is 0 Å². The van der Waals surface area contributed by atoms with Crippen molar-refractivity contribution >= 4 is 38.9 Å². The highest BCUT2D eigenvalue weighted by Crippen LogP contribution is 2.59. The van der Waals surface area contributed by atoms with E-state index in [0.717, 1.165) is 22.7 Å². The van der Waals surface area contributed by atoms with Gasteiger partial charge >= 0.3 is 0 Å². The molecule has 2 nitrogen and oxygen atoms in total. The third-order valence-electron chi connectivity index (χ3n) is 11.9. The molecule has 1 heterocycles. The van der Waals surface area contributed by atoms with Crippen molar-refractivity contribution < 1.29 is 0 Å². The van der Waals surface area contributed by atoms with Crippen molar-refractivity contribution in [2.75, 3.05) is 4.90 Å². The van der Waals surface area contributed by atoms with Crippen LogP contribution < -0.4 is 4.90 Å². The minimum atomic E-state index is -0.554. The van der Waals surface area contributed by atoms with E-state index in [1.807, 2.05) is 0 Å². The second-order valence-electron chi connectivity index (χ2n) is 14.9. The minimum Gasteiger partial charge on any atom is -0.310 e. The fraction of sp³-hybridized carbons (Fsp3) is 0.0182. The van der Waals surface area contributed by atoms with Crippen LogP contribution in [0.4, 0.5) is 17.1 Å². The molecule has 0 spiro atoms. The lowest BCUT2D eigenvalue weighted by molar-refractivity contribution is 0.768. The monoisotopic (exact) mass is 726 g/mol. The Labute approximate surface area is 333 Å². The van der Waals surface area contributed by atoms with Gasteiger partial charge in [0.2, 0.25) is 0 Å². The van der Waals surface area contributed by atoms with Gasteiger partial charge in [-0.1, -0.05) is 170 Å². The Morgan fingerprint density at radius 3 is 1.42 bits per heavy atom. The van der Waals surface area contributed by atoms with E-state index < -0.39 is 5.41 Å². The Bertz CT molecular complexity index is 2910. The Morgan fingerprint density at radius 1 is 0.351 bits per heavy atom. The van der Waals surface area contributed by atoms with E-state index >= 15 is 0 Å². The molecule has 1 aromatic heterocycles. The molecule has 0 radical (unpaired) electrons. The van der Waals surface area contributed by atoms with Crippen LogP contribution in [0.1, 0.15) is 22.3 Å². The van der Waals surface area contributed by atoms with Gasteiger partial charge in [0.05, 0.1) is 16.4 Å². The Hall–Kier alpha value is -7.42. The second-order valence-corrected chi connectivity index (χ2v) is 14.9. The maximum Gasteiger partial charge on any atom is 0.0714 e. The van der Waals surface area contributed by atoms with E-state index in [1.165, 1.54) is 66.3 Å². The first-order chi connectivity index (χ1) is 28.3. The van der Waals surface area contributed by atoms with E-state index in [0.29, 0.717) is 0 Å². The average molecular weight is 727 g/mol. The van der Waals surface area contributed by atoms with Gasteiger partial charge in [-0.05, 0) is 105 Å². The van der Waals surface area contributed by atoms with E-state index in [4.69, 9.17) is 0 Å². The standard InChI is InChI=1S/C55H38N2/c1-5-18-40(19-6-1)55(41-20-7-2-8-21-41)50-29-17-28-46(39-32-34-44(35-33-39)57-52-30-15-13-26-47(52)48-27-14-16-31-53(48)57)54(50)49-37-36-45(38-51(49)55)56(42-22-9-3-10-23-42)43-24-11-4-12-25-43/h1-38H. The smallest absolute Gasteiger partial charge is 0.0714 e. The second kappa shape index (κ2) is 13.4. The first-order valence-corrected chi connectivity index (χ1v) is 19.7. The summed E-state index contributed by atoms with van der Waals surface area (Å²) in [5, 5.41) is 2.54. The third kappa shape index (κ3) is 5.11. The molecule has 0 amide bonds. The summed E-state index contributed by atoms with van der Waals surface area (Å²) < 4.78 is 2.39. The van der Waals surface area contributed by atoms with Crippen LogP contribution in [0.2, 0.25) is 0 Å². The van der Waals surface area contributed by atoms with Crippen molar-refractivity contribution in [2.24, 2.45) is 0 Å². The van der Waals surface area contributed by atoms with Gasteiger partial charge < -0.3 is 9.47 Å². The molecule has 1 aliphatic rings. The SMILES string of the molecule is c1ccc(N(c2ccccc2)c2ccc3c(c2)C(c2ccccc2)(c2ccccc2)c2cccc(-c4ccc(-n5c6ccccc6c6ccccc65)cc4)c2-3)cc1. The number of aromatic nitrogens is 1. The molecule has 268 valence electrons. The maximum absolute atomic E-state index is 2.45. The van der Waals surface area contributed by atoms with Gasteiger partial charge in [-0.2, -0.15) is 0 Å². The summed E-state index contributed by atoms with van der Waals surface area (Å²) in [5.74, 6) is 0. The summed E-state index contributed by atoms with van der Waals surface area (Å²) in [4.78, 5) is 2.37. The maximum atomic E-state index is 2.45. The summed E-state index contributed by atoms with van der Waals surface area (Å²) >= 11 is 0. The van der Waals surface area contributed by atoms with E-state index in [2.05, 4.69) is 240 Å². The Morgan fingerprint density at radius 2 is 0.860 bits per heavy atom. The molecule has 11 rings (SSSR count). The van der Waals surface area contributed by atoms with Gasteiger partial charge in [0.25, 0.3) is 0 Å². The molecule has 0 saturated heterocycles. The number of rotatable bonds is 7. The molecule has 0 N–H and O–H groups in total. The fourth-order valence-corrected chi connectivity index (χ4v) is 9.50. The van der Waals surface area contributed by atoms with Gasteiger partial charge in [-0.3, -0.25) is 0 Å². The third-order valence-corrected chi connectivity index (χ3v) is 11.9. The van der Waals surface area contributed by atoms with Crippen molar-refractivity contribution in [1.29, 1.82) is 0 Å². The lowest BCUT2D eigenvalue weighted by atomic mass is 9.67.